The number of nitrogens with zero attached hydrogens (tertiary/aromatic N) is 3. The van der Waals surface area contributed by atoms with Crippen molar-refractivity contribution in [3.8, 4) is 11.5 Å². The number of rotatable bonds is 8. The van der Waals surface area contributed by atoms with E-state index >= 15 is 0 Å². The largest absolute Gasteiger partial charge is 0.493 e. The van der Waals surface area contributed by atoms with E-state index in [-0.39, 0.29) is 11.5 Å². The number of hydrogen-bond acceptors (Lipinski definition) is 8. The lowest BCUT2D eigenvalue weighted by molar-refractivity contribution is 0.295. The van der Waals surface area contributed by atoms with Crippen molar-refractivity contribution < 1.29 is 17.9 Å². The van der Waals surface area contributed by atoms with E-state index in [1.54, 1.807) is 20.4 Å². The Hall–Kier alpha value is -2.13. The quantitative estimate of drug-likeness (QED) is 0.669. The van der Waals surface area contributed by atoms with Gasteiger partial charge in [0.15, 0.2) is 11.5 Å². The molecule has 27 heavy (non-hydrogen) atoms. The molecule has 2 heterocycles. The zero-order valence-corrected chi connectivity index (χ0v) is 16.6. The summed E-state index contributed by atoms with van der Waals surface area (Å²) in [6.45, 7) is 5.57. The number of aromatic nitrogens is 2. The van der Waals surface area contributed by atoms with Crippen LogP contribution in [0.2, 0.25) is 0 Å². The highest BCUT2D eigenvalue weighted by atomic mass is 32.2. The Labute approximate surface area is 159 Å². The number of fused-ring (bicyclic) bond motifs is 1. The minimum absolute atomic E-state index is 0.120. The van der Waals surface area contributed by atoms with Gasteiger partial charge in [-0.25, -0.2) is 18.4 Å². The number of hydrogen-bond donors (Lipinski definition) is 1. The normalized spacial score (nSPS) is 15.1. The molecule has 1 N–H and O–H groups in total. The Morgan fingerprint density at radius 1 is 1.19 bits per heavy atom. The summed E-state index contributed by atoms with van der Waals surface area (Å²) < 4.78 is 34.5. The predicted molar refractivity (Wildman–Crippen MR) is 106 cm³/mol. The second kappa shape index (κ2) is 8.71. The van der Waals surface area contributed by atoms with Crippen molar-refractivity contribution in [2.45, 2.75) is 13.3 Å². The second-order valence-electron chi connectivity index (χ2n) is 6.39. The third kappa shape index (κ3) is 4.78. The fourth-order valence-electron chi connectivity index (χ4n) is 3.06. The summed E-state index contributed by atoms with van der Waals surface area (Å²) >= 11 is 0. The maximum Gasteiger partial charge on any atom is 0.163 e. The van der Waals surface area contributed by atoms with Gasteiger partial charge in [-0.05, 0) is 12.5 Å². The lowest BCUT2D eigenvalue weighted by Crippen LogP contribution is -2.44. The van der Waals surface area contributed by atoms with Gasteiger partial charge in [0.2, 0.25) is 0 Å². The van der Waals surface area contributed by atoms with Gasteiger partial charge in [-0.1, -0.05) is 6.92 Å². The fourth-order valence-corrected chi connectivity index (χ4v) is 3.90. The van der Waals surface area contributed by atoms with Crippen LogP contribution in [0.15, 0.2) is 18.5 Å². The molecule has 148 valence electrons. The molecule has 2 aromatic rings. The molecule has 1 aromatic carbocycles. The van der Waals surface area contributed by atoms with E-state index in [4.69, 9.17) is 9.47 Å². The third-order valence-corrected chi connectivity index (χ3v) is 6.40. The second-order valence-corrected chi connectivity index (χ2v) is 8.87. The number of piperazine rings is 1. The summed E-state index contributed by atoms with van der Waals surface area (Å²) in [4.78, 5) is 11.1. The molecular weight excluding hydrogens is 368 g/mol. The highest BCUT2D eigenvalue weighted by molar-refractivity contribution is 7.91. The van der Waals surface area contributed by atoms with Crippen molar-refractivity contribution in [3.05, 3.63) is 18.5 Å². The molecule has 9 heteroatoms. The Morgan fingerprint density at radius 2 is 1.96 bits per heavy atom. The summed E-state index contributed by atoms with van der Waals surface area (Å²) in [6.07, 6.45) is 2.00. The van der Waals surface area contributed by atoms with Crippen molar-refractivity contribution >= 4 is 26.6 Å². The van der Waals surface area contributed by atoms with Gasteiger partial charge < -0.3 is 19.7 Å². The molecule has 1 aromatic heterocycles. The van der Waals surface area contributed by atoms with Crippen LogP contribution in [0.4, 0.5) is 5.82 Å². The average molecular weight is 394 g/mol. The van der Waals surface area contributed by atoms with Crippen LogP contribution in [-0.2, 0) is 9.84 Å². The summed E-state index contributed by atoms with van der Waals surface area (Å²) in [5, 5.41) is 4.25. The molecule has 0 unspecified atom stereocenters. The van der Waals surface area contributed by atoms with Crippen molar-refractivity contribution in [2.75, 3.05) is 56.3 Å². The fraction of sp³-hybridized carbons (Fsp3) is 0.556. The molecule has 3 rings (SSSR count). The Balaban J connectivity index is 1.80. The molecule has 0 amide bonds. The lowest BCUT2D eigenvalue weighted by Gasteiger charge is -2.29. The van der Waals surface area contributed by atoms with Gasteiger partial charge in [-0.2, -0.15) is 0 Å². The first-order valence-corrected chi connectivity index (χ1v) is 11.0. The molecule has 0 aliphatic carbocycles. The van der Waals surface area contributed by atoms with E-state index in [0.29, 0.717) is 24.5 Å². The van der Waals surface area contributed by atoms with Gasteiger partial charge >= 0.3 is 0 Å². The summed E-state index contributed by atoms with van der Waals surface area (Å²) in [6, 6.07) is 3.72. The minimum atomic E-state index is -2.98. The van der Waals surface area contributed by atoms with Gasteiger partial charge in [0, 0.05) is 43.4 Å². The molecular formula is C18H26N4O4S. The maximum atomic E-state index is 11.6. The van der Waals surface area contributed by atoms with E-state index in [9.17, 15) is 8.42 Å². The predicted octanol–water partition coefficient (Wildman–Crippen LogP) is 1.25. The molecule has 0 atom stereocenters. The molecule has 0 spiro atoms. The Morgan fingerprint density at radius 3 is 2.67 bits per heavy atom. The lowest BCUT2D eigenvalue weighted by atomic mass is 10.2. The maximum absolute atomic E-state index is 11.6. The van der Waals surface area contributed by atoms with Crippen LogP contribution in [0.5, 0.6) is 11.5 Å². The number of sulfone groups is 1. The summed E-state index contributed by atoms with van der Waals surface area (Å²) in [5.74, 6) is 2.31. The number of benzene rings is 1. The molecule has 0 saturated carbocycles. The summed E-state index contributed by atoms with van der Waals surface area (Å²) in [5.41, 5.74) is 0.774. The van der Waals surface area contributed by atoms with Gasteiger partial charge in [0.25, 0.3) is 0 Å². The molecule has 0 bridgehead atoms. The first-order valence-electron chi connectivity index (χ1n) is 9.15. The minimum Gasteiger partial charge on any atom is -0.493 e. The van der Waals surface area contributed by atoms with Crippen LogP contribution in [0.25, 0.3) is 10.9 Å². The van der Waals surface area contributed by atoms with Crippen molar-refractivity contribution in [2.24, 2.45) is 0 Å². The van der Waals surface area contributed by atoms with E-state index in [1.807, 2.05) is 12.1 Å². The van der Waals surface area contributed by atoms with Gasteiger partial charge in [0.1, 0.15) is 22.0 Å². The Bertz CT molecular complexity index is 882. The molecule has 1 aliphatic heterocycles. The molecule has 0 radical (unpaired) electrons. The molecule has 1 saturated heterocycles. The van der Waals surface area contributed by atoms with Crippen LogP contribution >= 0.6 is 0 Å². The van der Waals surface area contributed by atoms with Crippen molar-refractivity contribution in [1.82, 2.24) is 15.3 Å². The molecule has 1 aliphatic rings. The van der Waals surface area contributed by atoms with Crippen LogP contribution in [0.1, 0.15) is 13.3 Å². The number of ether oxygens (including phenoxy) is 2. The van der Waals surface area contributed by atoms with Crippen LogP contribution < -0.4 is 19.7 Å². The zero-order chi connectivity index (χ0) is 19.3. The number of methoxy groups -OCH3 is 1. The van der Waals surface area contributed by atoms with Crippen molar-refractivity contribution in [3.63, 3.8) is 0 Å². The number of nitrogens with one attached hydrogen (secondary N) is 1. The standard InChI is InChI=1S/C18H26N4O4S/c1-3-27(23,24)10-4-9-26-17-12-15-14(11-16(17)25-2)18(21-13-20-15)22-7-5-19-6-8-22/h11-13,19H,3-10H2,1-2H3. The van der Waals surface area contributed by atoms with E-state index < -0.39 is 9.84 Å². The smallest absolute Gasteiger partial charge is 0.163 e. The third-order valence-electron chi connectivity index (χ3n) is 4.61. The highest BCUT2D eigenvalue weighted by Crippen LogP contribution is 2.35. The SMILES string of the molecule is CCS(=O)(=O)CCCOc1cc2ncnc(N3CCNCC3)c2cc1OC. The van der Waals surface area contributed by atoms with E-state index in [0.717, 1.165) is 42.9 Å². The highest BCUT2D eigenvalue weighted by Gasteiger charge is 2.17. The first kappa shape index (κ1) is 19.6. The van der Waals surface area contributed by atoms with Crippen LogP contribution in [0, 0.1) is 0 Å². The van der Waals surface area contributed by atoms with Crippen molar-refractivity contribution in [1.29, 1.82) is 0 Å². The number of anilines is 1. The zero-order valence-electron chi connectivity index (χ0n) is 15.8. The van der Waals surface area contributed by atoms with Crippen LogP contribution in [-0.4, -0.2) is 69.8 Å². The molecule has 8 nitrogen and oxygen atoms in total. The van der Waals surface area contributed by atoms with Gasteiger partial charge in [-0.15, -0.1) is 0 Å². The average Bonchev–Trinajstić information content (AvgIpc) is 2.70. The van der Waals surface area contributed by atoms with Crippen LogP contribution in [0.3, 0.4) is 0 Å². The topological polar surface area (TPSA) is 93.7 Å². The van der Waals surface area contributed by atoms with Gasteiger partial charge in [0.05, 0.1) is 25.0 Å². The summed E-state index contributed by atoms with van der Waals surface area (Å²) in [7, 11) is -1.40. The van der Waals surface area contributed by atoms with E-state index in [2.05, 4.69) is 20.2 Å². The molecule has 1 fully saturated rings. The van der Waals surface area contributed by atoms with Gasteiger partial charge in [-0.3, -0.25) is 0 Å². The monoisotopic (exact) mass is 394 g/mol. The van der Waals surface area contributed by atoms with E-state index in [1.165, 1.54) is 0 Å². The Kier molecular flexibility index (Phi) is 6.33. The first-order chi connectivity index (χ1) is 13.0.